The van der Waals surface area contributed by atoms with Crippen molar-refractivity contribution in [3.63, 3.8) is 0 Å². The van der Waals surface area contributed by atoms with Gasteiger partial charge in [0, 0.05) is 22.5 Å². The zero-order valence-corrected chi connectivity index (χ0v) is 17.1. The summed E-state index contributed by atoms with van der Waals surface area (Å²) < 4.78 is 14.9. The molecule has 0 spiro atoms. The zero-order valence-electron chi connectivity index (χ0n) is 13.2. The maximum absolute atomic E-state index is 10.5. The Morgan fingerprint density at radius 3 is 1.83 bits per heavy atom. The lowest BCUT2D eigenvalue weighted by atomic mass is 9.91. The fourth-order valence-corrected chi connectivity index (χ4v) is 3.55. The van der Waals surface area contributed by atoms with Gasteiger partial charge in [-0.1, -0.05) is 32.1 Å². The fourth-order valence-electron chi connectivity index (χ4n) is 2.43. The van der Waals surface area contributed by atoms with Crippen LogP contribution in [0.5, 0.6) is 0 Å². The van der Waals surface area contributed by atoms with Crippen LogP contribution in [-0.4, -0.2) is 38.9 Å². The van der Waals surface area contributed by atoms with Gasteiger partial charge in [-0.05, 0) is 25.2 Å². The molecular formula is C14H27Cl4O4P. The fraction of sp³-hybridized carbons (Fsp3) is 1.00. The van der Waals surface area contributed by atoms with E-state index in [1.165, 1.54) is 0 Å². The predicted octanol–water partition coefficient (Wildman–Crippen LogP) is 5.53. The largest absolute Gasteiger partial charge is 0.469 e. The smallest absolute Gasteiger partial charge is 0.303 e. The molecule has 9 heteroatoms. The van der Waals surface area contributed by atoms with Crippen LogP contribution in [-0.2, 0) is 9.09 Å². The molecule has 0 fully saturated rings. The van der Waals surface area contributed by atoms with Crippen LogP contribution in [0.15, 0.2) is 0 Å². The quantitative estimate of drug-likeness (QED) is 0.203. The monoisotopic (exact) mass is 430 g/mol. The Morgan fingerprint density at radius 1 is 0.870 bits per heavy atom. The average molecular weight is 432 g/mol. The molecule has 0 aromatic heterocycles. The van der Waals surface area contributed by atoms with Crippen LogP contribution in [0.3, 0.4) is 0 Å². The highest BCUT2D eigenvalue weighted by Crippen LogP contribution is 2.35. The van der Waals surface area contributed by atoms with Gasteiger partial charge >= 0.3 is 7.82 Å². The first-order valence-corrected chi connectivity index (χ1v) is 11.4. The van der Waals surface area contributed by atoms with E-state index >= 15 is 0 Å². The highest BCUT2D eigenvalue weighted by atomic mass is 35.5. The summed E-state index contributed by atoms with van der Waals surface area (Å²) in [5, 5.41) is -0.0728. The number of hydrogen-bond acceptors (Lipinski definition) is 2. The Balaban J connectivity index is 3.79. The van der Waals surface area contributed by atoms with Crippen LogP contribution in [0.4, 0.5) is 0 Å². The van der Waals surface area contributed by atoms with Crippen LogP contribution >= 0.6 is 54.2 Å². The summed E-state index contributed by atoms with van der Waals surface area (Å²) >= 11 is 23.8. The Kier molecular flexibility index (Phi) is 15.2. The summed E-state index contributed by atoms with van der Waals surface area (Å²) in [7, 11) is -4.32. The van der Waals surface area contributed by atoms with Gasteiger partial charge < -0.3 is 9.79 Å². The highest BCUT2D eigenvalue weighted by molar-refractivity contribution is 7.46. The first-order chi connectivity index (χ1) is 10.8. The summed E-state index contributed by atoms with van der Waals surface area (Å²) in [5.41, 5.74) is 0. The molecule has 0 aromatic rings. The van der Waals surface area contributed by atoms with E-state index in [4.69, 9.17) is 56.2 Å². The molecule has 0 aliphatic heterocycles. The second-order valence-electron chi connectivity index (χ2n) is 5.72. The minimum Gasteiger partial charge on any atom is -0.303 e. The molecule has 2 N–H and O–H groups in total. The third kappa shape index (κ3) is 16.5. The van der Waals surface area contributed by atoms with Gasteiger partial charge in [0.25, 0.3) is 0 Å². The number of rotatable bonds is 15. The molecule has 0 aliphatic rings. The van der Waals surface area contributed by atoms with Gasteiger partial charge in [-0.3, -0.25) is 4.52 Å². The molecule has 0 radical (unpaired) electrons. The van der Waals surface area contributed by atoms with E-state index in [1.54, 1.807) is 0 Å². The molecule has 0 saturated heterocycles. The zero-order chi connectivity index (χ0) is 17.7. The SMILES string of the molecule is O=P(O)(O)OCCCCCCCC(CC(Cl)CCl)CC(Cl)CCl. The molecule has 0 saturated carbocycles. The van der Waals surface area contributed by atoms with Gasteiger partial charge in [0.05, 0.1) is 6.61 Å². The van der Waals surface area contributed by atoms with Crippen molar-refractivity contribution in [2.24, 2.45) is 5.92 Å². The van der Waals surface area contributed by atoms with Crippen LogP contribution < -0.4 is 0 Å². The average Bonchev–Trinajstić information content (AvgIpc) is 2.48. The van der Waals surface area contributed by atoms with Crippen molar-refractivity contribution in [1.29, 1.82) is 0 Å². The number of alkyl halides is 4. The van der Waals surface area contributed by atoms with E-state index < -0.39 is 7.82 Å². The Hall–Kier alpha value is 1.27. The van der Waals surface area contributed by atoms with Gasteiger partial charge in [-0.2, -0.15) is 0 Å². The first-order valence-electron chi connectivity index (χ1n) is 7.88. The number of unbranched alkanes of at least 4 members (excludes halogenated alkanes) is 4. The van der Waals surface area contributed by atoms with Gasteiger partial charge in [0.1, 0.15) is 0 Å². The van der Waals surface area contributed by atoms with Crippen molar-refractivity contribution < 1.29 is 18.9 Å². The molecule has 23 heavy (non-hydrogen) atoms. The minimum absolute atomic E-state index is 0.0364. The molecule has 0 bridgehead atoms. The second-order valence-corrected chi connectivity index (χ2v) is 8.81. The van der Waals surface area contributed by atoms with Gasteiger partial charge in [0.2, 0.25) is 0 Å². The first kappa shape index (κ1) is 24.3. The highest BCUT2D eigenvalue weighted by Gasteiger charge is 2.18. The van der Waals surface area contributed by atoms with Crippen molar-refractivity contribution in [2.75, 3.05) is 18.4 Å². The summed E-state index contributed by atoms with van der Waals surface area (Å²) in [6.45, 7) is 0.0974. The molecule has 140 valence electrons. The topological polar surface area (TPSA) is 66.8 Å². The van der Waals surface area contributed by atoms with E-state index in [0.29, 0.717) is 24.1 Å². The summed E-state index contributed by atoms with van der Waals surface area (Å²) in [6.07, 6.45) is 7.43. The van der Waals surface area contributed by atoms with Crippen molar-refractivity contribution in [3.05, 3.63) is 0 Å². The molecule has 0 aromatic carbocycles. The van der Waals surface area contributed by atoms with E-state index in [-0.39, 0.29) is 17.4 Å². The molecule has 4 nitrogen and oxygen atoms in total. The lowest BCUT2D eigenvalue weighted by Crippen LogP contribution is -2.15. The maximum atomic E-state index is 10.5. The summed E-state index contributed by atoms with van der Waals surface area (Å²) in [4.78, 5) is 17.1. The molecule has 0 amide bonds. The van der Waals surface area contributed by atoms with Crippen LogP contribution in [0.25, 0.3) is 0 Å². The van der Waals surface area contributed by atoms with Gasteiger partial charge in [-0.25, -0.2) is 4.57 Å². The van der Waals surface area contributed by atoms with Crippen LogP contribution in [0.2, 0.25) is 0 Å². The van der Waals surface area contributed by atoms with E-state index in [2.05, 4.69) is 4.52 Å². The van der Waals surface area contributed by atoms with E-state index in [0.717, 1.165) is 44.9 Å². The molecule has 2 unspecified atom stereocenters. The molecule has 0 aliphatic carbocycles. The maximum Gasteiger partial charge on any atom is 0.469 e. The lowest BCUT2D eigenvalue weighted by molar-refractivity contribution is 0.193. The van der Waals surface area contributed by atoms with E-state index in [1.807, 2.05) is 0 Å². The second kappa shape index (κ2) is 14.4. The Bertz CT molecular complexity index is 318. The van der Waals surface area contributed by atoms with Crippen molar-refractivity contribution in [1.82, 2.24) is 0 Å². The molecular weight excluding hydrogens is 405 g/mol. The Labute approximate surface area is 159 Å². The number of phosphoric ester groups is 1. The number of halogens is 4. The molecule has 2 atom stereocenters. The Morgan fingerprint density at radius 2 is 1.35 bits per heavy atom. The minimum atomic E-state index is -4.32. The summed E-state index contributed by atoms with van der Waals surface area (Å²) in [6, 6.07) is 0. The van der Waals surface area contributed by atoms with Crippen molar-refractivity contribution >= 4 is 54.2 Å². The predicted molar refractivity (Wildman–Crippen MR) is 99.1 cm³/mol. The third-order valence-electron chi connectivity index (χ3n) is 3.53. The van der Waals surface area contributed by atoms with Crippen molar-refractivity contribution in [2.45, 2.75) is 62.1 Å². The molecule has 0 heterocycles. The van der Waals surface area contributed by atoms with Gasteiger partial charge in [0.15, 0.2) is 0 Å². The third-order valence-corrected chi connectivity index (χ3v) is 5.77. The normalized spacial score (nSPS) is 16.3. The van der Waals surface area contributed by atoms with Gasteiger partial charge in [-0.15, -0.1) is 46.4 Å². The lowest BCUT2D eigenvalue weighted by Gasteiger charge is -2.20. The van der Waals surface area contributed by atoms with E-state index in [9.17, 15) is 4.57 Å². The summed E-state index contributed by atoms with van der Waals surface area (Å²) in [5.74, 6) is 1.30. The van der Waals surface area contributed by atoms with Crippen molar-refractivity contribution in [3.8, 4) is 0 Å². The standard InChI is InChI=1S/C14H27Cl4O4P/c15-10-13(17)8-12(9-14(18)11-16)6-4-2-1-3-5-7-22-23(19,20)21/h12-14H,1-11H2,(H2,19,20,21). The number of phosphoric acid groups is 1. The molecule has 0 rings (SSSR count). The van der Waals surface area contributed by atoms with Crippen LogP contribution in [0, 0.1) is 5.92 Å². The number of hydrogen-bond donors (Lipinski definition) is 2. The van der Waals surface area contributed by atoms with Crippen LogP contribution in [0.1, 0.15) is 51.4 Å².